The quantitative estimate of drug-likeness (QED) is 0.462. The van der Waals surface area contributed by atoms with Crippen molar-refractivity contribution in [1.82, 2.24) is 0 Å². The van der Waals surface area contributed by atoms with Gasteiger partial charge in [0.1, 0.15) is 6.10 Å². The fraction of sp³-hybridized carbons (Fsp3) is 0.235. The van der Waals surface area contributed by atoms with E-state index in [4.69, 9.17) is 4.74 Å². The number of carbonyl (C=O) groups is 1. The van der Waals surface area contributed by atoms with Crippen LogP contribution in [0.15, 0.2) is 54.6 Å². The van der Waals surface area contributed by atoms with Gasteiger partial charge in [0.05, 0.1) is 4.92 Å². The number of benzene rings is 2. The van der Waals surface area contributed by atoms with Crippen molar-refractivity contribution in [2.45, 2.75) is 25.9 Å². The van der Waals surface area contributed by atoms with E-state index >= 15 is 0 Å². The molecule has 0 radical (unpaired) electrons. The van der Waals surface area contributed by atoms with Gasteiger partial charge in [-0.05, 0) is 36.6 Å². The highest BCUT2D eigenvalue weighted by molar-refractivity contribution is 5.70. The van der Waals surface area contributed by atoms with E-state index in [0.717, 1.165) is 11.1 Å². The zero-order valence-electron chi connectivity index (χ0n) is 12.3. The van der Waals surface area contributed by atoms with Crippen LogP contribution in [-0.4, -0.2) is 10.9 Å². The van der Waals surface area contributed by atoms with Gasteiger partial charge < -0.3 is 4.74 Å². The van der Waals surface area contributed by atoms with Gasteiger partial charge in [0.25, 0.3) is 5.69 Å². The van der Waals surface area contributed by atoms with E-state index in [0.29, 0.717) is 12.8 Å². The van der Waals surface area contributed by atoms with E-state index in [1.54, 1.807) is 19.1 Å². The monoisotopic (exact) mass is 299 g/mol. The normalized spacial score (nSPS) is 11.7. The second kappa shape index (κ2) is 7.36. The van der Waals surface area contributed by atoms with Gasteiger partial charge in [-0.15, -0.1) is 0 Å². The lowest BCUT2D eigenvalue weighted by molar-refractivity contribution is -0.384. The van der Waals surface area contributed by atoms with Gasteiger partial charge >= 0.3 is 5.97 Å². The third-order valence-corrected chi connectivity index (χ3v) is 3.34. The summed E-state index contributed by atoms with van der Waals surface area (Å²) in [5, 5.41) is 10.6. The van der Waals surface area contributed by atoms with E-state index < -0.39 is 11.0 Å². The molecule has 2 aromatic carbocycles. The molecule has 0 heterocycles. The van der Waals surface area contributed by atoms with E-state index in [9.17, 15) is 14.9 Å². The molecule has 0 spiro atoms. The molecule has 1 atom stereocenters. The van der Waals surface area contributed by atoms with Crippen molar-refractivity contribution >= 4 is 11.7 Å². The minimum atomic E-state index is -0.458. The van der Waals surface area contributed by atoms with Crippen LogP contribution < -0.4 is 0 Å². The van der Waals surface area contributed by atoms with Gasteiger partial charge in [0.2, 0.25) is 0 Å². The lowest BCUT2D eigenvalue weighted by atomic mass is 10.1. The largest absolute Gasteiger partial charge is 0.458 e. The Bertz CT molecular complexity index is 637. The molecule has 0 aliphatic rings. The Morgan fingerprint density at radius 2 is 1.77 bits per heavy atom. The number of nitro benzene ring substituents is 1. The van der Waals surface area contributed by atoms with Crippen LogP contribution in [0.2, 0.25) is 0 Å². The van der Waals surface area contributed by atoms with E-state index in [1.165, 1.54) is 12.1 Å². The van der Waals surface area contributed by atoms with Gasteiger partial charge in [0.15, 0.2) is 0 Å². The van der Waals surface area contributed by atoms with Crippen molar-refractivity contribution in [3.05, 3.63) is 75.8 Å². The highest BCUT2D eigenvalue weighted by atomic mass is 16.6. The van der Waals surface area contributed by atoms with Crippen LogP contribution in [0, 0.1) is 10.1 Å². The molecule has 0 aliphatic heterocycles. The molecule has 0 aromatic heterocycles. The number of nitrogens with zero attached hydrogens (tertiary/aromatic N) is 1. The molecule has 0 amide bonds. The average molecular weight is 299 g/mol. The van der Waals surface area contributed by atoms with Crippen molar-refractivity contribution in [3.63, 3.8) is 0 Å². The highest BCUT2D eigenvalue weighted by Gasteiger charge is 2.13. The summed E-state index contributed by atoms with van der Waals surface area (Å²) >= 11 is 0. The van der Waals surface area contributed by atoms with Crippen molar-refractivity contribution in [2.75, 3.05) is 0 Å². The Morgan fingerprint density at radius 1 is 1.14 bits per heavy atom. The first kappa shape index (κ1) is 15.7. The molecule has 0 fully saturated rings. The summed E-state index contributed by atoms with van der Waals surface area (Å²) in [5.41, 5.74) is 1.84. The lowest BCUT2D eigenvalue weighted by Gasteiger charge is -2.13. The first-order chi connectivity index (χ1) is 10.6. The molecule has 0 saturated carbocycles. The third kappa shape index (κ3) is 4.41. The molecule has 0 unspecified atom stereocenters. The number of hydrogen-bond acceptors (Lipinski definition) is 4. The zero-order valence-corrected chi connectivity index (χ0v) is 12.3. The molecule has 0 saturated heterocycles. The van der Waals surface area contributed by atoms with Crippen LogP contribution in [0.1, 0.15) is 30.6 Å². The fourth-order valence-electron chi connectivity index (χ4n) is 2.08. The molecule has 5 nitrogen and oxygen atoms in total. The van der Waals surface area contributed by atoms with Crippen molar-refractivity contribution in [3.8, 4) is 0 Å². The Kier molecular flexibility index (Phi) is 5.25. The highest BCUT2D eigenvalue weighted by Crippen LogP contribution is 2.21. The maximum Gasteiger partial charge on any atom is 0.306 e. The molecule has 0 bridgehead atoms. The number of nitro groups is 1. The molecule has 22 heavy (non-hydrogen) atoms. The maximum atomic E-state index is 11.8. The van der Waals surface area contributed by atoms with Gasteiger partial charge in [0, 0.05) is 18.6 Å². The van der Waals surface area contributed by atoms with Crippen molar-refractivity contribution < 1.29 is 14.5 Å². The number of hydrogen-bond donors (Lipinski definition) is 0. The third-order valence-electron chi connectivity index (χ3n) is 3.34. The van der Waals surface area contributed by atoms with Crippen LogP contribution >= 0.6 is 0 Å². The van der Waals surface area contributed by atoms with E-state index in [-0.39, 0.29) is 11.7 Å². The topological polar surface area (TPSA) is 69.4 Å². The van der Waals surface area contributed by atoms with Crippen LogP contribution in [0.5, 0.6) is 0 Å². The second-order valence-electron chi connectivity index (χ2n) is 4.97. The number of rotatable bonds is 6. The minimum absolute atomic E-state index is 0.0198. The number of aryl methyl sites for hydroxylation is 1. The number of ether oxygens (including phenoxy) is 1. The molecule has 114 valence electrons. The SMILES string of the molecule is C[C@@H](OC(=O)CCc1ccccc1)c1ccc([N+](=O)[O-])cc1. The molecule has 5 heteroatoms. The lowest BCUT2D eigenvalue weighted by Crippen LogP contribution is -2.09. The van der Waals surface area contributed by atoms with Crippen LogP contribution in [0.4, 0.5) is 5.69 Å². The molecule has 2 aromatic rings. The number of esters is 1. The minimum Gasteiger partial charge on any atom is -0.458 e. The number of non-ortho nitro benzene ring substituents is 1. The summed E-state index contributed by atoms with van der Waals surface area (Å²) in [4.78, 5) is 22.0. The molecule has 0 aliphatic carbocycles. The zero-order chi connectivity index (χ0) is 15.9. The summed E-state index contributed by atoms with van der Waals surface area (Å²) in [6, 6.07) is 15.7. The smallest absolute Gasteiger partial charge is 0.306 e. The summed E-state index contributed by atoms with van der Waals surface area (Å²) < 4.78 is 5.35. The molecular formula is C17H17NO4. The maximum absolute atomic E-state index is 11.8. The molecular weight excluding hydrogens is 282 g/mol. The van der Waals surface area contributed by atoms with E-state index in [1.807, 2.05) is 30.3 Å². The molecule has 2 rings (SSSR count). The Labute approximate surface area is 128 Å². The van der Waals surface area contributed by atoms with Crippen molar-refractivity contribution in [1.29, 1.82) is 0 Å². The van der Waals surface area contributed by atoms with Gasteiger partial charge in [-0.1, -0.05) is 30.3 Å². The summed E-state index contributed by atoms with van der Waals surface area (Å²) in [6.45, 7) is 1.75. The van der Waals surface area contributed by atoms with Gasteiger partial charge in [-0.25, -0.2) is 0 Å². The van der Waals surface area contributed by atoms with Crippen LogP contribution in [0.25, 0.3) is 0 Å². The fourth-order valence-corrected chi connectivity index (χ4v) is 2.08. The Hall–Kier alpha value is -2.69. The van der Waals surface area contributed by atoms with Crippen LogP contribution in [0.3, 0.4) is 0 Å². The van der Waals surface area contributed by atoms with Crippen molar-refractivity contribution in [2.24, 2.45) is 0 Å². The second-order valence-corrected chi connectivity index (χ2v) is 4.97. The first-order valence-corrected chi connectivity index (χ1v) is 7.04. The Balaban J connectivity index is 1.86. The van der Waals surface area contributed by atoms with Gasteiger partial charge in [-0.3, -0.25) is 14.9 Å². The molecule has 0 N–H and O–H groups in total. The summed E-state index contributed by atoms with van der Waals surface area (Å²) in [7, 11) is 0. The standard InChI is InChI=1S/C17H17NO4/c1-13(15-8-10-16(11-9-15)18(20)21)22-17(19)12-7-14-5-3-2-4-6-14/h2-6,8-11,13H,7,12H2,1H3/t13-/m1/s1. The predicted molar refractivity (Wildman–Crippen MR) is 82.4 cm³/mol. The summed E-state index contributed by atoms with van der Waals surface area (Å²) in [5.74, 6) is -0.283. The number of carbonyl (C=O) groups excluding carboxylic acids is 1. The average Bonchev–Trinajstić information content (AvgIpc) is 2.54. The van der Waals surface area contributed by atoms with Gasteiger partial charge in [-0.2, -0.15) is 0 Å². The Morgan fingerprint density at radius 3 is 2.36 bits per heavy atom. The van der Waals surface area contributed by atoms with E-state index in [2.05, 4.69) is 0 Å². The first-order valence-electron chi connectivity index (χ1n) is 7.04. The van der Waals surface area contributed by atoms with Crippen LogP contribution in [-0.2, 0) is 16.0 Å². The predicted octanol–water partition coefficient (Wildman–Crippen LogP) is 3.83. The summed E-state index contributed by atoms with van der Waals surface area (Å²) in [6.07, 6.45) is 0.512.